The second-order valence-corrected chi connectivity index (χ2v) is 12.2. The summed E-state index contributed by atoms with van der Waals surface area (Å²) in [5.41, 5.74) is 4.46. The number of hydrazone groups is 1. The van der Waals surface area contributed by atoms with Gasteiger partial charge in [0, 0.05) is 24.0 Å². The van der Waals surface area contributed by atoms with Gasteiger partial charge in [-0.1, -0.05) is 36.4 Å². The van der Waals surface area contributed by atoms with Gasteiger partial charge in [-0.15, -0.1) is 0 Å². The van der Waals surface area contributed by atoms with E-state index >= 15 is 0 Å². The average Bonchev–Trinajstić information content (AvgIpc) is 3.46. The lowest BCUT2D eigenvalue weighted by atomic mass is 10.1. The molecule has 3 N–H and O–H groups in total. The predicted octanol–water partition coefficient (Wildman–Crippen LogP) is 4.57. The van der Waals surface area contributed by atoms with E-state index in [1.54, 1.807) is 49.2 Å². The summed E-state index contributed by atoms with van der Waals surface area (Å²) in [5.74, 6) is -2.00. The number of nitrogens with one attached hydrogen (secondary N) is 2. The summed E-state index contributed by atoms with van der Waals surface area (Å²) in [5, 5.41) is 23.2. The summed E-state index contributed by atoms with van der Waals surface area (Å²) in [4.78, 5) is 38.5. The van der Waals surface area contributed by atoms with E-state index in [4.69, 9.17) is 0 Å². The number of para-hydroxylation sites is 2. The van der Waals surface area contributed by atoms with Gasteiger partial charge in [-0.2, -0.15) is 10.4 Å². The molecule has 238 valence electrons. The zero-order chi connectivity index (χ0) is 34.0. The van der Waals surface area contributed by atoms with Crippen molar-refractivity contribution in [3.05, 3.63) is 123 Å². The van der Waals surface area contributed by atoms with E-state index in [-0.39, 0.29) is 33.0 Å². The smallest absolute Gasteiger partial charge is 0.337 e. The molecule has 0 atom stereocenters. The van der Waals surface area contributed by atoms with Crippen molar-refractivity contribution in [2.75, 3.05) is 10.1 Å². The molecule has 0 spiro atoms. The number of hydrogen-bond donors (Lipinski definition) is 3. The normalized spacial score (nSPS) is 11.6. The Balaban J connectivity index is 1.43. The van der Waals surface area contributed by atoms with Crippen molar-refractivity contribution in [2.24, 2.45) is 12.1 Å². The monoisotopic (exact) mass is 651 g/mol. The molecule has 0 unspecified atom stereocenters. The Labute approximate surface area is 269 Å². The largest absolute Gasteiger partial charge is 0.478 e. The maximum Gasteiger partial charge on any atom is 0.337 e. The van der Waals surface area contributed by atoms with E-state index in [9.17, 15) is 33.2 Å². The molecule has 0 bridgehead atoms. The van der Waals surface area contributed by atoms with Crippen molar-refractivity contribution in [1.29, 1.82) is 5.26 Å². The number of hydrogen-bond acceptors (Lipinski definition) is 8. The first-order valence-corrected chi connectivity index (χ1v) is 15.6. The number of rotatable bonds is 10. The van der Waals surface area contributed by atoms with E-state index in [1.165, 1.54) is 53.2 Å². The average molecular weight is 652 g/mol. The quantitative estimate of drug-likeness (QED) is 0.112. The van der Waals surface area contributed by atoms with Crippen LogP contribution in [0, 0.1) is 32.1 Å². The third-order valence-corrected chi connectivity index (χ3v) is 8.95. The van der Waals surface area contributed by atoms with Crippen LogP contribution in [-0.2, 0) is 17.1 Å². The van der Waals surface area contributed by atoms with Crippen LogP contribution in [0.2, 0.25) is 0 Å². The molecular formula is C33H29N7O6S. The second-order valence-electron chi connectivity index (χ2n) is 10.5. The van der Waals surface area contributed by atoms with E-state index in [0.717, 1.165) is 0 Å². The molecule has 2 heterocycles. The number of aromatic carboxylic acids is 1. The number of Topliss-reactive ketones (excluding diaryl/α,β-unsaturated/α-hetero) is 1. The lowest BCUT2D eigenvalue weighted by Crippen LogP contribution is -2.22. The topological polar surface area (TPSA) is 181 Å². The lowest BCUT2D eigenvalue weighted by Gasteiger charge is -2.11. The molecule has 5 aromatic rings. The number of aryl methyl sites for hydroxylation is 1. The first-order chi connectivity index (χ1) is 22.4. The van der Waals surface area contributed by atoms with Gasteiger partial charge in [0.2, 0.25) is 11.5 Å². The van der Waals surface area contributed by atoms with Crippen molar-refractivity contribution in [3.8, 4) is 17.4 Å². The van der Waals surface area contributed by atoms with Gasteiger partial charge < -0.3 is 9.67 Å². The highest BCUT2D eigenvalue weighted by Gasteiger charge is 2.26. The second kappa shape index (κ2) is 12.7. The Hall–Kier alpha value is -6.20. The SMILES string of the molecule is Cc1cc(C(=O)/C(C#N)=N/Nc2cccc(S(=O)(=O)Nc3ccccc3C(=O)O)c2)c(C)n1-c1c(C)n(C)n(-c2ccccc2)c1=O. The number of benzene rings is 3. The number of carboxylic acids is 1. The van der Waals surface area contributed by atoms with Crippen LogP contribution < -0.4 is 15.7 Å². The van der Waals surface area contributed by atoms with Gasteiger partial charge in [-0.05, 0) is 69.3 Å². The molecule has 0 fully saturated rings. The maximum atomic E-state index is 13.7. The Kier molecular flexibility index (Phi) is 8.67. The molecule has 0 radical (unpaired) electrons. The maximum absolute atomic E-state index is 13.7. The number of aromatic nitrogens is 3. The highest BCUT2D eigenvalue weighted by molar-refractivity contribution is 7.92. The fourth-order valence-electron chi connectivity index (χ4n) is 5.22. The predicted molar refractivity (Wildman–Crippen MR) is 176 cm³/mol. The molecule has 0 aliphatic heterocycles. The van der Waals surface area contributed by atoms with E-state index in [2.05, 4.69) is 15.2 Å². The van der Waals surface area contributed by atoms with Gasteiger partial charge in [0.1, 0.15) is 11.8 Å². The molecule has 13 nitrogen and oxygen atoms in total. The number of anilines is 2. The van der Waals surface area contributed by atoms with Gasteiger partial charge in [0.05, 0.1) is 33.2 Å². The third kappa shape index (κ3) is 6.07. The number of carbonyl (C=O) groups excluding carboxylic acids is 1. The van der Waals surface area contributed by atoms with Crippen LogP contribution in [0.25, 0.3) is 11.4 Å². The lowest BCUT2D eigenvalue weighted by molar-refractivity contribution is 0.0698. The zero-order valence-corrected chi connectivity index (χ0v) is 26.5. The molecule has 0 aliphatic carbocycles. The molecule has 0 aliphatic rings. The highest BCUT2D eigenvalue weighted by atomic mass is 32.2. The van der Waals surface area contributed by atoms with Crippen molar-refractivity contribution in [1.82, 2.24) is 13.9 Å². The van der Waals surface area contributed by atoms with Crippen LogP contribution >= 0.6 is 0 Å². The van der Waals surface area contributed by atoms with Crippen LogP contribution in [0.5, 0.6) is 0 Å². The molecule has 14 heteroatoms. The first-order valence-electron chi connectivity index (χ1n) is 14.1. The van der Waals surface area contributed by atoms with Gasteiger partial charge >= 0.3 is 5.97 Å². The summed E-state index contributed by atoms with van der Waals surface area (Å²) in [6.07, 6.45) is 0. The Morgan fingerprint density at radius 2 is 1.57 bits per heavy atom. The van der Waals surface area contributed by atoms with Crippen molar-refractivity contribution in [3.63, 3.8) is 0 Å². The fraction of sp³-hybridized carbons (Fsp3) is 0.121. The number of ketones is 1. The Morgan fingerprint density at radius 3 is 2.26 bits per heavy atom. The van der Waals surface area contributed by atoms with E-state index in [1.807, 2.05) is 30.3 Å². The van der Waals surface area contributed by atoms with Crippen LogP contribution in [0.3, 0.4) is 0 Å². The molecule has 5 rings (SSSR count). The van der Waals surface area contributed by atoms with Crippen LogP contribution in [0.1, 0.15) is 37.8 Å². The molecule has 2 aromatic heterocycles. The summed E-state index contributed by atoms with van der Waals surface area (Å²) < 4.78 is 33.3. The number of sulfonamides is 1. The summed E-state index contributed by atoms with van der Waals surface area (Å²) in [7, 11) is -2.45. The number of carbonyl (C=O) groups is 2. The number of nitriles is 1. The summed E-state index contributed by atoms with van der Waals surface area (Å²) in [6, 6.07) is 23.5. The van der Waals surface area contributed by atoms with Crippen molar-refractivity contribution >= 4 is 38.9 Å². The van der Waals surface area contributed by atoms with Gasteiger partial charge in [-0.3, -0.25) is 24.4 Å². The molecule has 47 heavy (non-hydrogen) atoms. The van der Waals surface area contributed by atoms with Crippen molar-refractivity contribution in [2.45, 2.75) is 25.7 Å². The minimum absolute atomic E-state index is 0.115. The molecule has 0 saturated carbocycles. The van der Waals surface area contributed by atoms with Crippen LogP contribution in [-0.4, -0.2) is 44.9 Å². The summed E-state index contributed by atoms with van der Waals surface area (Å²) >= 11 is 0. The Morgan fingerprint density at radius 1 is 0.894 bits per heavy atom. The summed E-state index contributed by atoms with van der Waals surface area (Å²) in [6.45, 7) is 5.22. The minimum Gasteiger partial charge on any atom is -0.478 e. The standard InChI is InChI=1S/C33H29N7O6S/c1-20-17-27(21(2)39(20)30-22(3)38(4)40(32(30)42)24-12-6-5-7-13-24)31(41)29(19-34)36-35-23-11-10-14-25(18-23)47(45,46)37-28-16-9-8-15-26(28)33(43)44/h5-18,35,37H,1-4H3,(H,43,44)/b36-29+. The van der Waals surface area contributed by atoms with E-state index < -0.39 is 27.5 Å². The van der Waals surface area contributed by atoms with Crippen LogP contribution in [0.4, 0.5) is 11.4 Å². The number of carboxylic acid groups (broad SMARTS) is 1. The molecule has 0 amide bonds. The van der Waals surface area contributed by atoms with Crippen LogP contribution in [0.15, 0.2) is 99.7 Å². The number of nitrogens with zero attached hydrogens (tertiary/aromatic N) is 5. The van der Waals surface area contributed by atoms with Gasteiger partial charge in [-0.25, -0.2) is 17.9 Å². The zero-order valence-electron chi connectivity index (χ0n) is 25.7. The fourth-order valence-corrected chi connectivity index (χ4v) is 6.34. The third-order valence-electron chi connectivity index (χ3n) is 7.59. The van der Waals surface area contributed by atoms with Gasteiger partial charge in [0.15, 0.2) is 0 Å². The first kappa shape index (κ1) is 32.2. The van der Waals surface area contributed by atoms with E-state index in [0.29, 0.717) is 28.5 Å². The minimum atomic E-state index is -4.22. The highest BCUT2D eigenvalue weighted by Crippen LogP contribution is 2.25. The molecule has 3 aromatic carbocycles. The van der Waals surface area contributed by atoms with Gasteiger partial charge in [0.25, 0.3) is 15.6 Å². The molecular weight excluding hydrogens is 622 g/mol. The Bertz CT molecular complexity index is 2290. The molecule has 0 saturated heterocycles. The van der Waals surface area contributed by atoms with Crippen molar-refractivity contribution < 1.29 is 23.1 Å².